The molecule has 2 atom stereocenters. The molecule has 2 aliphatic rings. The molecule has 2 aromatic heterocycles. The van der Waals surface area contributed by atoms with Crippen LogP contribution in [0, 0.1) is 5.82 Å². The summed E-state index contributed by atoms with van der Waals surface area (Å²) in [4.78, 5) is 42.0. The minimum absolute atomic E-state index is 0.0608. The van der Waals surface area contributed by atoms with E-state index < -0.39 is 34.6 Å². The number of likely N-dealkylation sites (N-methyl/N-ethyl adjacent to an activating group) is 1. The van der Waals surface area contributed by atoms with Gasteiger partial charge in [-0.15, -0.1) is 0 Å². The van der Waals surface area contributed by atoms with Gasteiger partial charge in [0.2, 0.25) is 11.5 Å². The molecule has 0 aliphatic carbocycles. The summed E-state index contributed by atoms with van der Waals surface area (Å²) < 4.78 is 62.8. The number of piperazine rings is 1. The fourth-order valence-electron chi connectivity index (χ4n) is 5.64. The first kappa shape index (κ1) is 31.4. The molecule has 0 bridgehead atoms. The highest BCUT2D eigenvalue weighted by Crippen LogP contribution is 2.37. The number of pyridine rings is 1. The van der Waals surface area contributed by atoms with Gasteiger partial charge < -0.3 is 24.8 Å². The number of carbonyl (C=O) groups is 1. The van der Waals surface area contributed by atoms with E-state index in [1.165, 1.54) is 24.5 Å². The van der Waals surface area contributed by atoms with Crippen molar-refractivity contribution in [2.24, 2.45) is 0 Å². The van der Waals surface area contributed by atoms with E-state index in [4.69, 9.17) is 4.74 Å². The molecule has 44 heavy (non-hydrogen) atoms. The molecule has 5 rings (SSSR count). The number of amides is 1. The number of nitrogens with one attached hydrogen (secondary N) is 2. The maximum Gasteiger partial charge on any atom is 0.417 e. The number of morpholine rings is 1. The van der Waals surface area contributed by atoms with Gasteiger partial charge in [-0.1, -0.05) is 0 Å². The van der Waals surface area contributed by atoms with Gasteiger partial charge in [0.15, 0.2) is 0 Å². The highest BCUT2D eigenvalue weighted by Gasteiger charge is 2.36. The molecule has 10 nitrogen and oxygen atoms in total. The number of aromatic amines is 1. The number of halogens is 4. The van der Waals surface area contributed by atoms with Crippen LogP contribution in [0.1, 0.15) is 43.6 Å². The molecule has 2 saturated heterocycles. The van der Waals surface area contributed by atoms with E-state index in [0.717, 1.165) is 6.20 Å². The first-order chi connectivity index (χ1) is 20.6. The zero-order chi connectivity index (χ0) is 32.0. The molecule has 2 aliphatic heterocycles. The zero-order valence-electron chi connectivity index (χ0n) is 25.1. The molecule has 3 aromatic rings. The summed E-state index contributed by atoms with van der Waals surface area (Å²) in [5.74, 6) is -1.26. The number of aromatic nitrogens is 3. The second kappa shape index (κ2) is 11.8. The molecule has 236 valence electrons. The highest BCUT2D eigenvalue weighted by atomic mass is 19.4. The number of benzene rings is 1. The lowest BCUT2D eigenvalue weighted by atomic mass is 10.0. The molecule has 0 saturated carbocycles. The molecule has 14 heteroatoms. The van der Waals surface area contributed by atoms with Crippen LogP contribution in [0.25, 0.3) is 11.1 Å². The third-order valence-electron chi connectivity index (χ3n) is 8.17. The van der Waals surface area contributed by atoms with Crippen molar-refractivity contribution in [3.8, 4) is 11.1 Å². The quantitative estimate of drug-likeness (QED) is 0.407. The van der Waals surface area contributed by atoms with Crippen LogP contribution in [0.15, 0.2) is 41.6 Å². The van der Waals surface area contributed by atoms with E-state index >= 15 is 4.39 Å². The summed E-state index contributed by atoms with van der Waals surface area (Å²) in [6.07, 6.45) is -1.28. The molecular weight excluding hydrogens is 582 g/mol. The first-order valence-corrected chi connectivity index (χ1v) is 14.3. The predicted molar refractivity (Wildman–Crippen MR) is 159 cm³/mol. The van der Waals surface area contributed by atoms with Gasteiger partial charge in [-0.05, 0) is 46.9 Å². The van der Waals surface area contributed by atoms with E-state index in [2.05, 4.69) is 25.2 Å². The first-order valence-electron chi connectivity index (χ1n) is 14.3. The molecule has 1 aromatic carbocycles. The number of hydrogen-bond donors (Lipinski definition) is 2. The molecule has 0 radical (unpaired) electrons. The second-order valence-electron chi connectivity index (χ2n) is 12.0. The molecule has 2 fully saturated rings. The molecule has 2 N–H and O–H groups in total. The third kappa shape index (κ3) is 6.55. The summed E-state index contributed by atoms with van der Waals surface area (Å²) in [5, 5.41) is 2.56. The van der Waals surface area contributed by atoms with Gasteiger partial charge in [-0.25, -0.2) is 14.4 Å². The Morgan fingerprint density at radius 2 is 1.75 bits per heavy atom. The van der Waals surface area contributed by atoms with Gasteiger partial charge in [-0.3, -0.25) is 14.5 Å². The average molecular weight is 618 g/mol. The topological polar surface area (TPSA) is 107 Å². The Morgan fingerprint density at radius 1 is 1.09 bits per heavy atom. The van der Waals surface area contributed by atoms with Gasteiger partial charge >= 0.3 is 6.18 Å². The molecule has 1 amide bonds. The number of carbonyl (C=O) groups excluding carboxylic acids is 1. The Balaban J connectivity index is 1.54. The minimum atomic E-state index is -4.95. The number of hydrogen-bond acceptors (Lipinski definition) is 8. The van der Waals surface area contributed by atoms with Crippen LogP contribution in [-0.2, 0) is 10.9 Å². The van der Waals surface area contributed by atoms with Gasteiger partial charge in [-0.2, -0.15) is 13.2 Å². The van der Waals surface area contributed by atoms with Crippen molar-refractivity contribution in [3.05, 3.63) is 64.1 Å². The lowest BCUT2D eigenvalue weighted by molar-refractivity contribution is -0.138. The van der Waals surface area contributed by atoms with Crippen molar-refractivity contribution in [1.82, 2.24) is 19.9 Å². The Bertz CT molecular complexity index is 1580. The van der Waals surface area contributed by atoms with Crippen LogP contribution >= 0.6 is 0 Å². The van der Waals surface area contributed by atoms with E-state index in [-0.39, 0.29) is 28.9 Å². The van der Waals surface area contributed by atoms with Crippen LogP contribution in [-0.4, -0.2) is 83.3 Å². The number of H-pyrrole nitrogens is 1. The summed E-state index contributed by atoms with van der Waals surface area (Å²) >= 11 is 0. The average Bonchev–Trinajstić information content (AvgIpc) is 2.95. The summed E-state index contributed by atoms with van der Waals surface area (Å²) in [6.45, 7) is 10.6. The van der Waals surface area contributed by atoms with Crippen molar-refractivity contribution < 1.29 is 27.1 Å². The van der Waals surface area contributed by atoms with Crippen LogP contribution in [0.2, 0.25) is 0 Å². The highest BCUT2D eigenvalue weighted by molar-refractivity contribution is 6.07. The van der Waals surface area contributed by atoms with Crippen LogP contribution < -0.4 is 20.7 Å². The number of anilines is 3. The third-order valence-corrected chi connectivity index (χ3v) is 8.17. The monoisotopic (exact) mass is 617 g/mol. The lowest BCUT2D eigenvalue weighted by Gasteiger charge is -2.44. The summed E-state index contributed by atoms with van der Waals surface area (Å²) in [5.41, 5.74) is -2.72. The Morgan fingerprint density at radius 3 is 2.36 bits per heavy atom. The van der Waals surface area contributed by atoms with Crippen molar-refractivity contribution >= 4 is 23.2 Å². The van der Waals surface area contributed by atoms with Crippen LogP contribution in [0.5, 0.6) is 0 Å². The second-order valence-corrected chi connectivity index (χ2v) is 12.0. The van der Waals surface area contributed by atoms with E-state index in [9.17, 15) is 22.8 Å². The number of alkyl halides is 3. The smallest absolute Gasteiger partial charge is 0.372 e. The van der Waals surface area contributed by atoms with Crippen LogP contribution in [0.4, 0.5) is 34.9 Å². The Labute approximate surface area is 252 Å². The number of rotatable bonds is 5. The van der Waals surface area contributed by atoms with Crippen LogP contribution in [0.3, 0.4) is 0 Å². The standard InChI is InChI=1S/C30H35F4N7O3/c1-17-14-41(15-18(2)39(17)5)25-10-23(31)20(19-11-36-28(37-12-19)40-6-7-44-29(3,4)16-40)8-24(25)38-27(43)21-13-35-26(42)9-22(21)30(32,33)34/h8-13,17-18H,6-7,14-16H2,1-5H3,(H,35,42)(H,38,43). The van der Waals surface area contributed by atoms with Gasteiger partial charge in [0.1, 0.15) is 5.82 Å². The minimum Gasteiger partial charge on any atom is -0.372 e. The van der Waals surface area contributed by atoms with E-state index in [0.29, 0.717) is 56.1 Å². The number of nitrogens with zero attached hydrogens (tertiary/aromatic N) is 5. The summed E-state index contributed by atoms with van der Waals surface area (Å²) in [6, 6.07) is 3.14. The fraction of sp³-hybridized carbons (Fsp3) is 0.467. The van der Waals surface area contributed by atoms with E-state index in [1.807, 2.05) is 44.5 Å². The zero-order valence-corrected chi connectivity index (χ0v) is 25.1. The van der Waals surface area contributed by atoms with Gasteiger partial charge in [0.25, 0.3) is 5.91 Å². The Hall–Kier alpha value is -4.04. The fourth-order valence-corrected chi connectivity index (χ4v) is 5.64. The summed E-state index contributed by atoms with van der Waals surface area (Å²) in [7, 11) is 1.98. The van der Waals surface area contributed by atoms with Crippen molar-refractivity contribution in [2.75, 3.05) is 55.0 Å². The predicted octanol–water partition coefficient (Wildman–Crippen LogP) is 4.39. The van der Waals surface area contributed by atoms with Crippen molar-refractivity contribution in [2.45, 2.75) is 51.6 Å². The molecule has 2 unspecified atom stereocenters. The van der Waals surface area contributed by atoms with Gasteiger partial charge in [0.05, 0.1) is 34.7 Å². The lowest BCUT2D eigenvalue weighted by Crippen LogP contribution is -2.55. The molecule has 4 heterocycles. The van der Waals surface area contributed by atoms with Crippen molar-refractivity contribution in [3.63, 3.8) is 0 Å². The van der Waals surface area contributed by atoms with Gasteiger partial charge in [0, 0.05) is 74.0 Å². The molecule has 0 spiro atoms. The van der Waals surface area contributed by atoms with Crippen molar-refractivity contribution in [1.29, 1.82) is 0 Å². The molecular formula is C30H35F4N7O3. The maximum atomic E-state index is 15.8. The SMILES string of the molecule is CC1CN(c2cc(F)c(-c3cnc(N4CCOC(C)(C)C4)nc3)cc2NC(=O)c2c[nH]c(=O)cc2C(F)(F)F)CC(C)N1C. The largest absolute Gasteiger partial charge is 0.417 e. The number of ether oxygens (including phenoxy) is 1. The normalized spacial score (nSPS) is 20.9. The Kier molecular flexibility index (Phi) is 8.42. The van der Waals surface area contributed by atoms with E-state index in [1.54, 1.807) is 0 Å². The maximum absolute atomic E-state index is 15.8.